The molecule has 0 aliphatic heterocycles. The molecule has 0 saturated carbocycles. The number of aromatic nitrogens is 2. The second-order valence-electron chi connectivity index (χ2n) is 2.91. The number of benzene rings is 1. The molecule has 1 aromatic heterocycles. The quantitative estimate of drug-likeness (QED) is 0.761. The van der Waals surface area contributed by atoms with Crippen LogP contribution >= 0.6 is 22.6 Å². The van der Waals surface area contributed by atoms with Crippen molar-refractivity contribution < 1.29 is 0 Å². The van der Waals surface area contributed by atoms with Gasteiger partial charge in [-0.05, 0) is 34.7 Å². The van der Waals surface area contributed by atoms with Crippen LogP contribution in [0.1, 0.15) is 5.69 Å². The second-order valence-corrected chi connectivity index (χ2v) is 4.15. The van der Waals surface area contributed by atoms with Gasteiger partial charge in [0.15, 0.2) is 0 Å². The van der Waals surface area contributed by atoms with Crippen molar-refractivity contribution in [3.8, 4) is 17.3 Å². The summed E-state index contributed by atoms with van der Waals surface area (Å²) in [5.74, 6) is 0. The molecule has 3 nitrogen and oxygen atoms in total. The van der Waals surface area contributed by atoms with Crippen LogP contribution in [-0.2, 0) is 0 Å². The molecular formula is C11H6IN3. The van der Waals surface area contributed by atoms with Gasteiger partial charge in [0.25, 0.3) is 0 Å². The van der Waals surface area contributed by atoms with Gasteiger partial charge in [0.1, 0.15) is 18.1 Å². The molecule has 0 amide bonds. The van der Waals surface area contributed by atoms with E-state index >= 15 is 0 Å². The molecule has 0 unspecified atom stereocenters. The summed E-state index contributed by atoms with van der Waals surface area (Å²) in [5.41, 5.74) is 2.16. The first-order chi connectivity index (χ1) is 7.29. The smallest absolute Gasteiger partial charge is 0.144 e. The molecule has 1 heterocycles. The molecule has 15 heavy (non-hydrogen) atoms. The van der Waals surface area contributed by atoms with Gasteiger partial charge in [-0.15, -0.1) is 0 Å². The zero-order valence-corrected chi connectivity index (χ0v) is 9.84. The van der Waals surface area contributed by atoms with Crippen LogP contribution in [0.5, 0.6) is 0 Å². The van der Waals surface area contributed by atoms with Crippen molar-refractivity contribution in [3.63, 3.8) is 0 Å². The van der Waals surface area contributed by atoms with Crippen molar-refractivity contribution in [3.05, 3.63) is 45.9 Å². The lowest BCUT2D eigenvalue weighted by molar-refractivity contribution is 1.14. The first kappa shape index (κ1) is 10.1. The summed E-state index contributed by atoms with van der Waals surface area (Å²) in [5, 5.41) is 8.71. The summed E-state index contributed by atoms with van der Waals surface area (Å²) in [4.78, 5) is 7.95. The van der Waals surface area contributed by atoms with Crippen LogP contribution in [0.3, 0.4) is 0 Å². The predicted molar refractivity (Wildman–Crippen MR) is 64.9 cm³/mol. The van der Waals surface area contributed by atoms with Crippen LogP contribution in [0, 0.1) is 14.9 Å². The van der Waals surface area contributed by atoms with E-state index in [1.165, 1.54) is 9.90 Å². The number of halogens is 1. The van der Waals surface area contributed by atoms with Crippen LogP contribution in [0.25, 0.3) is 11.3 Å². The average molecular weight is 307 g/mol. The number of nitriles is 1. The third-order valence-corrected chi connectivity index (χ3v) is 2.64. The van der Waals surface area contributed by atoms with Crippen molar-refractivity contribution >= 4 is 22.6 Å². The van der Waals surface area contributed by atoms with Crippen LogP contribution in [0.4, 0.5) is 0 Å². The largest absolute Gasteiger partial charge is 0.236 e. The monoisotopic (exact) mass is 307 g/mol. The zero-order chi connectivity index (χ0) is 10.7. The third kappa shape index (κ3) is 2.30. The van der Waals surface area contributed by atoms with Gasteiger partial charge in [0.2, 0.25) is 0 Å². The van der Waals surface area contributed by atoms with Crippen molar-refractivity contribution in [2.24, 2.45) is 0 Å². The Labute approximate surface area is 101 Å². The summed E-state index contributed by atoms with van der Waals surface area (Å²) in [6.07, 6.45) is 1.41. The van der Waals surface area contributed by atoms with Gasteiger partial charge in [-0.1, -0.05) is 12.1 Å². The molecule has 1 aromatic carbocycles. The maximum absolute atomic E-state index is 8.71. The number of hydrogen-bond donors (Lipinski definition) is 0. The number of hydrogen-bond acceptors (Lipinski definition) is 3. The molecule has 72 valence electrons. The molecule has 0 saturated heterocycles. The highest BCUT2D eigenvalue weighted by molar-refractivity contribution is 14.1. The maximum atomic E-state index is 8.71. The van der Waals surface area contributed by atoms with E-state index < -0.39 is 0 Å². The Morgan fingerprint density at radius 1 is 1.13 bits per heavy atom. The van der Waals surface area contributed by atoms with E-state index in [4.69, 9.17) is 5.26 Å². The molecule has 0 aliphatic rings. The Balaban J connectivity index is 2.46. The van der Waals surface area contributed by atoms with E-state index in [9.17, 15) is 0 Å². The van der Waals surface area contributed by atoms with Crippen molar-refractivity contribution in [1.82, 2.24) is 9.97 Å². The minimum absolute atomic E-state index is 0.388. The molecule has 4 heteroatoms. The lowest BCUT2D eigenvalue weighted by Crippen LogP contribution is -1.88. The van der Waals surface area contributed by atoms with Crippen LogP contribution in [-0.4, -0.2) is 9.97 Å². The molecule has 0 bridgehead atoms. The Hall–Kier alpha value is -1.48. The highest BCUT2D eigenvalue weighted by atomic mass is 127. The van der Waals surface area contributed by atoms with E-state index in [0.717, 1.165) is 11.3 Å². The van der Waals surface area contributed by atoms with Gasteiger partial charge >= 0.3 is 0 Å². The van der Waals surface area contributed by atoms with E-state index in [-0.39, 0.29) is 0 Å². The standard InChI is InChI=1S/C11H6IN3/c12-9-3-1-8(2-4-9)11-5-10(6-13)14-7-15-11/h1-5,7H. The Morgan fingerprint density at radius 2 is 1.87 bits per heavy atom. The van der Waals surface area contributed by atoms with Gasteiger partial charge in [0, 0.05) is 15.2 Å². The zero-order valence-electron chi connectivity index (χ0n) is 7.68. The van der Waals surface area contributed by atoms with E-state index in [2.05, 4.69) is 32.6 Å². The highest BCUT2D eigenvalue weighted by Crippen LogP contribution is 2.18. The Morgan fingerprint density at radius 3 is 2.53 bits per heavy atom. The number of nitrogens with zero attached hydrogens (tertiary/aromatic N) is 3. The molecule has 0 aliphatic carbocycles. The van der Waals surface area contributed by atoms with Gasteiger partial charge in [-0.3, -0.25) is 0 Å². The molecule has 0 fully saturated rings. The summed E-state index contributed by atoms with van der Waals surface area (Å²) in [6, 6.07) is 11.6. The minimum atomic E-state index is 0.388. The van der Waals surface area contributed by atoms with Gasteiger partial charge < -0.3 is 0 Å². The summed E-state index contributed by atoms with van der Waals surface area (Å²) in [6.45, 7) is 0. The first-order valence-corrected chi connectivity index (χ1v) is 5.35. The molecular weight excluding hydrogens is 301 g/mol. The average Bonchev–Trinajstić information content (AvgIpc) is 2.30. The summed E-state index contributed by atoms with van der Waals surface area (Å²) < 4.78 is 1.17. The lowest BCUT2D eigenvalue weighted by atomic mass is 10.1. The van der Waals surface area contributed by atoms with Crippen molar-refractivity contribution in [2.75, 3.05) is 0 Å². The Kier molecular flexibility index (Phi) is 2.92. The molecule has 0 N–H and O–H groups in total. The summed E-state index contributed by atoms with van der Waals surface area (Å²) >= 11 is 2.24. The van der Waals surface area contributed by atoms with E-state index in [1.54, 1.807) is 6.07 Å². The molecule has 0 atom stereocenters. The normalized spacial score (nSPS) is 9.60. The second kappa shape index (κ2) is 4.36. The van der Waals surface area contributed by atoms with E-state index in [0.29, 0.717) is 5.69 Å². The predicted octanol–water partition coefficient (Wildman–Crippen LogP) is 2.62. The van der Waals surface area contributed by atoms with Crippen molar-refractivity contribution in [1.29, 1.82) is 5.26 Å². The van der Waals surface area contributed by atoms with Crippen molar-refractivity contribution in [2.45, 2.75) is 0 Å². The topological polar surface area (TPSA) is 49.6 Å². The van der Waals surface area contributed by atoms with Crippen LogP contribution in [0.2, 0.25) is 0 Å². The molecule has 2 aromatic rings. The fourth-order valence-corrected chi connectivity index (χ4v) is 1.56. The van der Waals surface area contributed by atoms with Gasteiger partial charge in [0.05, 0.1) is 5.69 Å². The van der Waals surface area contributed by atoms with E-state index in [1.807, 2.05) is 30.3 Å². The maximum Gasteiger partial charge on any atom is 0.144 e. The molecule has 0 radical (unpaired) electrons. The molecule has 0 spiro atoms. The minimum Gasteiger partial charge on any atom is -0.236 e. The Bertz CT molecular complexity index is 514. The highest BCUT2D eigenvalue weighted by Gasteiger charge is 2.00. The molecule has 2 rings (SSSR count). The fourth-order valence-electron chi connectivity index (χ4n) is 1.20. The van der Waals surface area contributed by atoms with Gasteiger partial charge in [-0.2, -0.15) is 5.26 Å². The van der Waals surface area contributed by atoms with Gasteiger partial charge in [-0.25, -0.2) is 9.97 Å². The lowest BCUT2D eigenvalue weighted by Gasteiger charge is -2.00. The SMILES string of the molecule is N#Cc1cc(-c2ccc(I)cc2)ncn1. The fraction of sp³-hybridized carbons (Fsp3) is 0. The third-order valence-electron chi connectivity index (χ3n) is 1.92. The van der Waals surface area contributed by atoms with Crippen LogP contribution < -0.4 is 0 Å². The van der Waals surface area contributed by atoms with Crippen LogP contribution in [0.15, 0.2) is 36.7 Å². The first-order valence-electron chi connectivity index (χ1n) is 4.27. The summed E-state index contributed by atoms with van der Waals surface area (Å²) in [7, 11) is 0. The number of rotatable bonds is 1.